The van der Waals surface area contributed by atoms with E-state index in [-0.39, 0.29) is 40.3 Å². The van der Waals surface area contributed by atoms with Crippen LogP contribution in [0.4, 0.5) is 11.4 Å². The van der Waals surface area contributed by atoms with Crippen LogP contribution in [0.25, 0.3) is 11.1 Å². The van der Waals surface area contributed by atoms with Gasteiger partial charge in [0.15, 0.2) is 0 Å². The minimum atomic E-state index is -3.90. The van der Waals surface area contributed by atoms with E-state index in [1.54, 1.807) is 60.7 Å². The Hall–Kier alpha value is -3.89. The molecular weight excluding hydrogens is 550 g/mol. The van der Waals surface area contributed by atoms with Crippen LogP contribution in [0, 0.1) is 17.2 Å². The highest BCUT2D eigenvalue weighted by atomic mass is 32.2. The summed E-state index contributed by atoms with van der Waals surface area (Å²) >= 11 is 0. The Balaban J connectivity index is 1.44. The molecule has 1 saturated carbocycles. The lowest BCUT2D eigenvalue weighted by molar-refractivity contribution is -0.123. The molecule has 1 heterocycles. The molecule has 2 atom stereocenters. The summed E-state index contributed by atoms with van der Waals surface area (Å²) in [7, 11) is -3.90. The second-order valence-corrected chi connectivity index (χ2v) is 12.9. The van der Waals surface area contributed by atoms with E-state index in [1.807, 2.05) is 0 Å². The first kappa shape index (κ1) is 29.6. The smallest absolute Gasteiger partial charge is 0.238 e. The summed E-state index contributed by atoms with van der Waals surface area (Å²) in [5.41, 5.74) is 8.73. The molecule has 9 nitrogen and oxygen atoms in total. The van der Waals surface area contributed by atoms with E-state index in [2.05, 4.69) is 10.2 Å². The molecule has 0 aromatic heterocycles. The van der Waals surface area contributed by atoms with Crippen molar-refractivity contribution in [2.24, 2.45) is 22.7 Å². The monoisotopic (exact) mass is 589 g/mol. The number of carbonyl (C=O) groups is 1. The Kier molecular flexibility index (Phi) is 8.84. The third kappa shape index (κ3) is 6.44. The average Bonchev–Trinajstić information content (AvgIpc) is 2.98. The highest BCUT2D eigenvalue weighted by Crippen LogP contribution is 2.41. The van der Waals surface area contributed by atoms with Crippen LogP contribution in [0.1, 0.15) is 56.9 Å². The highest BCUT2D eigenvalue weighted by molar-refractivity contribution is 7.89. The Morgan fingerprint density at radius 2 is 1.64 bits per heavy atom. The van der Waals surface area contributed by atoms with E-state index in [1.165, 1.54) is 12.5 Å². The third-order valence-corrected chi connectivity index (χ3v) is 9.65. The maximum absolute atomic E-state index is 14.1. The summed E-state index contributed by atoms with van der Waals surface area (Å²) in [6, 6.07) is 18.6. The zero-order valence-corrected chi connectivity index (χ0v) is 24.4. The Morgan fingerprint density at radius 3 is 2.33 bits per heavy atom. The molecule has 2 aliphatic rings. The number of nitrogens with one attached hydrogen (secondary N) is 2. The number of sulfonamides is 1. The van der Waals surface area contributed by atoms with Crippen LogP contribution in [0.15, 0.2) is 71.6 Å². The zero-order chi connectivity index (χ0) is 29.9. The number of carbonyl (C=O) groups excluding carboxylic acids is 1. The number of rotatable bonds is 8. The number of benzene rings is 3. The van der Waals surface area contributed by atoms with Crippen molar-refractivity contribution in [1.29, 1.82) is 5.41 Å². The van der Waals surface area contributed by atoms with Gasteiger partial charge in [-0.1, -0.05) is 49.6 Å². The summed E-state index contributed by atoms with van der Waals surface area (Å²) in [6.07, 6.45) is 8.05. The largest absolute Gasteiger partial charge is 0.506 e. The number of nitrogen functional groups attached to an aromatic ring is 1. The predicted molar refractivity (Wildman–Crippen MR) is 166 cm³/mol. The molecule has 1 saturated heterocycles. The fourth-order valence-electron chi connectivity index (χ4n) is 6.66. The summed E-state index contributed by atoms with van der Waals surface area (Å²) in [5.74, 6) is -0.0950. The van der Waals surface area contributed by atoms with Crippen molar-refractivity contribution in [2.75, 3.05) is 16.8 Å². The van der Waals surface area contributed by atoms with E-state index >= 15 is 0 Å². The van der Waals surface area contributed by atoms with Crippen LogP contribution in [0.3, 0.4) is 0 Å². The van der Waals surface area contributed by atoms with Crippen LogP contribution >= 0.6 is 0 Å². The van der Waals surface area contributed by atoms with Crippen LogP contribution in [-0.2, 0) is 14.8 Å². The molecule has 3 aromatic rings. The molecule has 0 spiro atoms. The quantitative estimate of drug-likeness (QED) is 0.179. The molecule has 5 rings (SSSR count). The van der Waals surface area contributed by atoms with Crippen molar-refractivity contribution >= 4 is 33.1 Å². The van der Waals surface area contributed by atoms with E-state index in [4.69, 9.17) is 16.3 Å². The predicted octanol–water partition coefficient (Wildman–Crippen LogP) is 5.18. The molecule has 42 heavy (non-hydrogen) atoms. The van der Waals surface area contributed by atoms with Gasteiger partial charge < -0.3 is 21.1 Å². The number of amidine groups is 1. The molecular formula is C32H39N5O4S. The van der Waals surface area contributed by atoms with Gasteiger partial charge in [-0.15, -0.1) is 0 Å². The first-order valence-electron chi connectivity index (χ1n) is 14.6. The molecule has 0 radical (unpaired) electrons. The van der Waals surface area contributed by atoms with Gasteiger partial charge in [0.1, 0.15) is 11.6 Å². The molecule has 0 bridgehead atoms. The van der Waals surface area contributed by atoms with Gasteiger partial charge in [0.05, 0.1) is 16.5 Å². The van der Waals surface area contributed by atoms with Crippen molar-refractivity contribution in [2.45, 2.75) is 62.3 Å². The summed E-state index contributed by atoms with van der Waals surface area (Å²) < 4.78 is 24.2. The first-order chi connectivity index (χ1) is 20.1. The number of piperidine rings is 1. The number of nitrogens with two attached hydrogens (primary N) is 2. The molecule has 3 aromatic carbocycles. The molecule has 1 aliphatic carbocycles. The molecule has 1 amide bonds. The molecule has 2 fully saturated rings. The zero-order valence-electron chi connectivity index (χ0n) is 23.6. The summed E-state index contributed by atoms with van der Waals surface area (Å²) in [6.45, 7) is 0.703. The number of primary sulfonamides is 1. The van der Waals surface area contributed by atoms with Crippen LogP contribution in [0.2, 0.25) is 0 Å². The number of hydrogen-bond donors (Lipinski definition) is 5. The second-order valence-electron chi connectivity index (χ2n) is 11.4. The second kappa shape index (κ2) is 12.5. The number of anilines is 2. The summed E-state index contributed by atoms with van der Waals surface area (Å²) in [5, 5.41) is 27.3. The first-order valence-corrected chi connectivity index (χ1v) is 16.2. The normalized spacial score (nSPS) is 18.8. The highest BCUT2D eigenvalue weighted by Gasteiger charge is 2.40. The van der Waals surface area contributed by atoms with Gasteiger partial charge in [0, 0.05) is 29.4 Å². The van der Waals surface area contributed by atoms with Crippen molar-refractivity contribution in [3.05, 3.63) is 72.3 Å². The van der Waals surface area contributed by atoms with Crippen molar-refractivity contribution < 1.29 is 18.3 Å². The SMILES string of the molecule is N=C(N)c1ccc(O)c(N2CCCCC2C(C(=O)Nc2ccc(-c3ccccc3S(N)(=O)=O)cc2)C2CCCCC2)c1. The van der Waals surface area contributed by atoms with Crippen molar-refractivity contribution in [3.63, 3.8) is 0 Å². The molecule has 1 aliphatic heterocycles. The molecule has 7 N–H and O–H groups in total. The van der Waals surface area contributed by atoms with Gasteiger partial charge in [0.2, 0.25) is 15.9 Å². The Bertz CT molecular complexity index is 1550. The maximum Gasteiger partial charge on any atom is 0.238 e. The fourth-order valence-corrected chi connectivity index (χ4v) is 7.42. The molecule has 2 unspecified atom stereocenters. The Morgan fingerprint density at radius 1 is 0.952 bits per heavy atom. The van der Waals surface area contributed by atoms with Gasteiger partial charge in [-0.05, 0) is 80.0 Å². The van der Waals surface area contributed by atoms with E-state index < -0.39 is 10.0 Å². The van der Waals surface area contributed by atoms with Crippen LogP contribution in [0.5, 0.6) is 5.75 Å². The lowest BCUT2D eigenvalue weighted by Crippen LogP contribution is -2.51. The van der Waals surface area contributed by atoms with Gasteiger partial charge in [-0.2, -0.15) is 0 Å². The summed E-state index contributed by atoms with van der Waals surface area (Å²) in [4.78, 5) is 16.3. The van der Waals surface area contributed by atoms with E-state index in [0.29, 0.717) is 34.6 Å². The number of amides is 1. The fraction of sp³-hybridized carbons (Fsp3) is 0.375. The van der Waals surface area contributed by atoms with E-state index in [9.17, 15) is 18.3 Å². The number of phenolic OH excluding ortho intramolecular Hbond substituents is 1. The minimum Gasteiger partial charge on any atom is -0.506 e. The lowest BCUT2D eigenvalue weighted by atomic mass is 9.73. The molecule has 222 valence electrons. The number of phenols is 1. The molecule has 10 heteroatoms. The average molecular weight is 590 g/mol. The standard InChI is InChI=1S/C32H39N5O4S/c33-31(34)23-15-18-28(38)27(20-23)37-19-7-6-11-26(37)30(22-8-2-1-3-9-22)32(39)36-24-16-13-21(14-17-24)25-10-4-5-12-29(25)42(35,40)41/h4-5,10,12-18,20,22,26,30,38H,1-3,6-9,11,19H2,(H3,33,34)(H,36,39)(H2,35,40,41). The Labute approximate surface area is 247 Å². The minimum absolute atomic E-state index is 0.0497. The maximum atomic E-state index is 14.1. The van der Waals surface area contributed by atoms with Crippen LogP contribution in [-0.4, -0.2) is 37.9 Å². The van der Waals surface area contributed by atoms with Gasteiger partial charge >= 0.3 is 0 Å². The van der Waals surface area contributed by atoms with Crippen molar-refractivity contribution in [3.8, 4) is 16.9 Å². The topological polar surface area (TPSA) is 163 Å². The van der Waals surface area contributed by atoms with E-state index in [0.717, 1.165) is 44.9 Å². The number of hydrogen-bond acceptors (Lipinski definition) is 6. The van der Waals surface area contributed by atoms with Gasteiger partial charge in [-0.3, -0.25) is 10.2 Å². The van der Waals surface area contributed by atoms with Crippen molar-refractivity contribution in [1.82, 2.24) is 0 Å². The lowest BCUT2D eigenvalue weighted by Gasteiger charge is -2.45. The number of aromatic hydroxyl groups is 1. The van der Waals surface area contributed by atoms with Crippen LogP contribution < -0.4 is 21.1 Å². The van der Waals surface area contributed by atoms with Gasteiger partial charge in [0.25, 0.3) is 0 Å². The third-order valence-electron chi connectivity index (χ3n) is 8.68. The number of nitrogens with zero attached hydrogens (tertiary/aromatic N) is 1. The van der Waals surface area contributed by atoms with Gasteiger partial charge in [-0.25, -0.2) is 13.6 Å².